The molecule has 3 nitrogen and oxygen atoms in total. The van der Waals surface area contributed by atoms with Gasteiger partial charge in [0.05, 0.1) is 7.11 Å². The summed E-state index contributed by atoms with van der Waals surface area (Å²) >= 11 is 1.94. The van der Waals surface area contributed by atoms with Crippen LogP contribution in [0.1, 0.15) is 22.8 Å². The van der Waals surface area contributed by atoms with E-state index in [1.165, 1.54) is 5.56 Å². The molecule has 1 aliphatic rings. The first-order valence-electron chi connectivity index (χ1n) is 8.54. The molecule has 0 saturated carbocycles. The van der Waals surface area contributed by atoms with E-state index in [4.69, 9.17) is 4.74 Å². The first-order chi connectivity index (χ1) is 12.3. The second-order valence-corrected chi connectivity index (χ2v) is 7.30. The molecule has 0 radical (unpaired) electrons. The summed E-state index contributed by atoms with van der Waals surface area (Å²) in [7, 11) is 1.65. The van der Waals surface area contributed by atoms with Crippen LogP contribution in [-0.2, 0) is 4.79 Å². The lowest BCUT2D eigenvalue weighted by molar-refractivity contribution is -0.125. The quantitative estimate of drug-likeness (QED) is 0.762. The van der Waals surface area contributed by atoms with E-state index in [-0.39, 0.29) is 5.91 Å². The number of nitrogens with zero attached hydrogens (tertiary/aromatic N) is 1. The van der Waals surface area contributed by atoms with Crippen molar-refractivity contribution in [3.63, 3.8) is 0 Å². The minimum atomic E-state index is 0.0881. The Labute approximate surface area is 153 Å². The van der Waals surface area contributed by atoms with Crippen molar-refractivity contribution in [2.75, 3.05) is 26.0 Å². The summed E-state index contributed by atoms with van der Waals surface area (Å²) in [5.74, 6) is 1.88. The van der Waals surface area contributed by atoms with Crippen molar-refractivity contribution in [2.24, 2.45) is 0 Å². The van der Waals surface area contributed by atoms with E-state index in [9.17, 15) is 4.79 Å². The molecule has 0 aromatic heterocycles. The number of benzene rings is 2. The van der Waals surface area contributed by atoms with Crippen molar-refractivity contribution < 1.29 is 9.53 Å². The molecule has 0 spiro atoms. The van der Waals surface area contributed by atoms with E-state index >= 15 is 0 Å². The van der Waals surface area contributed by atoms with Crippen LogP contribution < -0.4 is 4.74 Å². The summed E-state index contributed by atoms with van der Waals surface area (Å²) in [6.07, 6.45) is 4.54. The zero-order valence-electron chi connectivity index (χ0n) is 14.4. The molecule has 1 saturated heterocycles. The Hall–Kier alpha value is -2.20. The highest BCUT2D eigenvalue weighted by atomic mass is 32.2. The molecule has 4 heteroatoms. The standard InChI is InChI=1S/C21H23NO2S/c1-24-19-10-7-17(8-11-19)9-12-21(23)22-14-13-20(25-16-15-22)18-5-3-2-4-6-18/h2-12,20H,13-16H2,1H3/b12-9+. The minimum Gasteiger partial charge on any atom is -0.497 e. The van der Waals surface area contributed by atoms with Gasteiger partial charge in [0.1, 0.15) is 5.75 Å². The Bertz CT molecular complexity index is 712. The van der Waals surface area contributed by atoms with Crippen LogP contribution in [0.3, 0.4) is 0 Å². The van der Waals surface area contributed by atoms with Crippen LogP contribution in [0.15, 0.2) is 60.7 Å². The number of rotatable bonds is 4. The van der Waals surface area contributed by atoms with Gasteiger partial charge >= 0.3 is 0 Å². The highest BCUT2D eigenvalue weighted by Gasteiger charge is 2.20. The van der Waals surface area contributed by atoms with E-state index < -0.39 is 0 Å². The minimum absolute atomic E-state index is 0.0881. The largest absolute Gasteiger partial charge is 0.497 e. The average molecular weight is 353 g/mol. The molecule has 130 valence electrons. The fourth-order valence-electron chi connectivity index (χ4n) is 2.91. The summed E-state index contributed by atoms with van der Waals surface area (Å²) in [5, 5.41) is 0.476. The van der Waals surface area contributed by atoms with Crippen LogP contribution in [-0.4, -0.2) is 36.8 Å². The van der Waals surface area contributed by atoms with E-state index in [1.807, 2.05) is 53.1 Å². The normalized spacial score (nSPS) is 18.1. The molecule has 2 aromatic carbocycles. The van der Waals surface area contributed by atoms with Gasteiger partial charge in [0.15, 0.2) is 0 Å². The number of carbonyl (C=O) groups excluding carboxylic acids is 1. The molecular formula is C21H23NO2S. The summed E-state index contributed by atoms with van der Waals surface area (Å²) in [5.41, 5.74) is 2.36. The third kappa shape index (κ3) is 4.89. The number of methoxy groups -OCH3 is 1. The van der Waals surface area contributed by atoms with Crippen LogP contribution in [0.5, 0.6) is 5.75 Å². The molecule has 25 heavy (non-hydrogen) atoms. The number of ether oxygens (including phenoxy) is 1. The van der Waals surface area contributed by atoms with Crippen molar-refractivity contribution in [1.29, 1.82) is 0 Å². The van der Waals surface area contributed by atoms with Gasteiger partial charge in [0, 0.05) is 30.2 Å². The van der Waals surface area contributed by atoms with Gasteiger partial charge in [-0.1, -0.05) is 42.5 Å². The maximum absolute atomic E-state index is 12.5. The maximum Gasteiger partial charge on any atom is 0.246 e. The van der Waals surface area contributed by atoms with Crippen molar-refractivity contribution in [2.45, 2.75) is 11.7 Å². The van der Waals surface area contributed by atoms with Crippen molar-refractivity contribution in [3.05, 3.63) is 71.8 Å². The van der Waals surface area contributed by atoms with E-state index in [1.54, 1.807) is 13.2 Å². The first kappa shape index (κ1) is 17.6. The van der Waals surface area contributed by atoms with Crippen LogP contribution in [0, 0.1) is 0 Å². The predicted molar refractivity (Wildman–Crippen MR) is 105 cm³/mol. The number of carbonyl (C=O) groups is 1. The number of thioether (sulfide) groups is 1. The number of hydrogen-bond acceptors (Lipinski definition) is 3. The summed E-state index contributed by atoms with van der Waals surface area (Å²) < 4.78 is 5.15. The third-order valence-electron chi connectivity index (χ3n) is 4.36. The molecule has 0 bridgehead atoms. The number of hydrogen-bond donors (Lipinski definition) is 0. The second kappa shape index (κ2) is 8.77. The fraction of sp³-hybridized carbons (Fsp3) is 0.286. The first-order valence-corrected chi connectivity index (χ1v) is 9.59. The number of amides is 1. The van der Waals surface area contributed by atoms with Gasteiger partial charge in [-0.2, -0.15) is 11.8 Å². The molecule has 2 aromatic rings. The summed E-state index contributed by atoms with van der Waals surface area (Å²) in [6, 6.07) is 18.3. The zero-order chi connectivity index (χ0) is 17.5. The maximum atomic E-state index is 12.5. The highest BCUT2D eigenvalue weighted by molar-refractivity contribution is 7.99. The predicted octanol–water partition coefficient (Wildman–Crippen LogP) is 4.42. The smallest absolute Gasteiger partial charge is 0.246 e. The van der Waals surface area contributed by atoms with E-state index in [0.717, 1.165) is 36.6 Å². The lowest BCUT2D eigenvalue weighted by atomic mass is 10.1. The fourth-order valence-corrected chi connectivity index (χ4v) is 4.14. The van der Waals surface area contributed by atoms with Crippen LogP contribution in [0.4, 0.5) is 0 Å². The Kier molecular flexibility index (Phi) is 6.18. The van der Waals surface area contributed by atoms with Crippen molar-refractivity contribution >= 4 is 23.7 Å². The summed E-state index contributed by atoms with van der Waals surface area (Å²) in [4.78, 5) is 14.4. The molecule has 0 aliphatic carbocycles. The van der Waals surface area contributed by atoms with Gasteiger partial charge in [-0.05, 0) is 35.8 Å². The van der Waals surface area contributed by atoms with Gasteiger partial charge in [0.2, 0.25) is 5.91 Å². The lowest BCUT2D eigenvalue weighted by Gasteiger charge is -2.18. The molecule has 1 fully saturated rings. The van der Waals surface area contributed by atoms with Gasteiger partial charge in [-0.15, -0.1) is 0 Å². The molecule has 1 unspecified atom stereocenters. The SMILES string of the molecule is COc1ccc(/C=C/C(=O)N2CCSC(c3ccccc3)CC2)cc1. The van der Waals surface area contributed by atoms with Crippen molar-refractivity contribution in [3.8, 4) is 5.75 Å². The Morgan fingerprint density at radius 1 is 1.12 bits per heavy atom. The molecule has 1 amide bonds. The summed E-state index contributed by atoms with van der Waals surface area (Å²) in [6.45, 7) is 1.61. The van der Waals surface area contributed by atoms with Crippen LogP contribution in [0.25, 0.3) is 6.08 Å². The van der Waals surface area contributed by atoms with Crippen LogP contribution in [0.2, 0.25) is 0 Å². The van der Waals surface area contributed by atoms with Crippen molar-refractivity contribution in [1.82, 2.24) is 4.90 Å². The van der Waals surface area contributed by atoms with Crippen LogP contribution >= 0.6 is 11.8 Å². The van der Waals surface area contributed by atoms with Gasteiger partial charge in [0.25, 0.3) is 0 Å². The lowest BCUT2D eigenvalue weighted by Crippen LogP contribution is -2.31. The van der Waals surface area contributed by atoms with E-state index in [2.05, 4.69) is 24.3 Å². The zero-order valence-corrected chi connectivity index (χ0v) is 15.2. The second-order valence-electron chi connectivity index (χ2n) is 5.99. The molecule has 0 N–H and O–H groups in total. The van der Waals surface area contributed by atoms with Gasteiger partial charge in [-0.3, -0.25) is 4.79 Å². The van der Waals surface area contributed by atoms with E-state index in [0.29, 0.717) is 5.25 Å². The average Bonchev–Trinajstić information content (AvgIpc) is 2.93. The Morgan fingerprint density at radius 2 is 1.88 bits per heavy atom. The monoisotopic (exact) mass is 353 g/mol. The topological polar surface area (TPSA) is 29.5 Å². The molecular weight excluding hydrogens is 330 g/mol. The van der Waals surface area contributed by atoms with Gasteiger partial charge < -0.3 is 9.64 Å². The molecule has 3 rings (SSSR count). The molecule has 1 atom stereocenters. The Morgan fingerprint density at radius 3 is 2.60 bits per heavy atom. The highest BCUT2D eigenvalue weighted by Crippen LogP contribution is 2.34. The molecule has 1 aliphatic heterocycles. The Balaban J connectivity index is 1.58. The molecule has 1 heterocycles. The van der Waals surface area contributed by atoms with Gasteiger partial charge in [-0.25, -0.2) is 0 Å². The third-order valence-corrected chi connectivity index (χ3v) is 5.69.